The Labute approximate surface area is 130 Å². The summed E-state index contributed by atoms with van der Waals surface area (Å²) in [5.41, 5.74) is 2.00. The molecule has 0 fully saturated rings. The number of halogens is 1. The molecule has 0 saturated heterocycles. The number of phenolic OH excluding ortho intramolecular Hbond substituents is 1. The van der Waals surface area contributed by atoms with Crippen LogP contribution in [0.4, 0.5) is 0 Å². The number of phenols is 1. The maximum Gasteiger partial charge on any atom is 0.124 e. The van der Waals surface area contributed by atoms with Gasteiger partial charge in [0, 0.05) is 28.7 Å². The van der Waals surface area contributed by atoms with Gasteiger partial charge in [0.1, 0.15) is 11.5 Å². The number of nitrogens with one attached hydrogen (secondary N) is 1. The highest BCUT2D eigenvalue weighted by molar-refractivity contribution is 6.30. The lowest BCUT2D eigenvalue weighted by Crippen LogP contribution is -2.22. The summed E-state index contributed by atoms with van der Waals surface area (Å²) in [5.74, 6) is 0.881. The van der Waals surface area contributed by atoms with Crippen LogP contribution in [0.1, 0.15) is 37.1 Å². The minimum absolute atomic E-state index is 0.0154. The fourth-order valence-electron chi connectivity index (χ4n) is 2.33. The van der Waals surface area contributed by atoms with Crippen LogP contribution in [0.2, 0.25) is 5.02 Å². The quantitative estimate of drug-likeness (QED) is 0.856. The van der Waals surface area contributed by atoms with Crippen molar-refractivity contribution in [1.29, 1.82) is 0 Å². The first-order valence-corrected chi connectivity index (χ1v) is 7.27. The average molecular weight is 306 g/mol. The van der Waals surface area contributed by atoms with Gasteiger partial charge in [0.25, 0.3) is 0 Å². The molecule has 0 saturated carbocycles. The molecule has 21 heavy (non-hydrogen) atoms. The molecule has 0 bridgehead atoms. The zero-order valence-electron chi connectivity index (χ0n) is 12.4. The Morgan fingerprint density at radius 2 is 1.71 bits per heavy atom. The first-order valence-electron chi connectivity index (χ1n) is 6.89. The summed E-state index contributed by atoms with van der Waals surface area (Å²) in [6, 6.07) is 13.3. The van der Waals surface area contributed by atoms with Gasteiger partial charge < -0.3 is 15.2 Å². The van der Waals surface area contributed by atoms with Gasteiger partial charge in [-0.2, -0.15) is 0 Å². The van der Waals surface area contributed by atoms with Gasteiger partial charge in [-0.05, 0) is 37.6 Å². The van der Waals surface area contributed by atoms with Crippen LogP contribution in [-0.4, -0.2) is 12.2 Å². The Hall–Kier alpha value is -1.71. The minimum atomic E-state index is 0.0154. The maximum absolute atomic E-state index is 10.1. The average Bonchev–Trinajstić information content (AvgIpc) is 2.47. The summed E-state index contributed by atoms with van der Waals surface area (Å²) < 4.78 is 5.10. The van der Waals surface area contributed by atoms with E-state index in [4.69, 9.17) is 16.3 Å². The van der Waals surface area contributed by atoms with E-state index in [1.165, 1.54) is 0 Å². The van der Waals surface area contributed by atoms with Crippen molar-refractivity contribution in [1.82, 2.24) is 5.32 Å². The molecule has 4 heteroatoms. The van der Waals surface area contributed by atoms with E-state index in [0.29, 0.717) is 5.75 Å². The van der Waals surface area contributed by atoms with Gasteiger partial charge in [-0.25, -0.2) is 0 Å². The zero-order chi connectivity index (χ0) is 15.4. The Kier molecular flexibility index (Phi) is 5.10. The summed E-state index contributed by atoms with van der Waals surface area (Å²) in [4.78, 5) is 0. The van der Waals surface area contributed by atoms with Gasteiger partial charge >= 0.3 is 0 Å². The van der Waals surface area contributed by atoms with E-state index in [9.17, 15) is 5.11 Å². The number of hydrogen-bond donors (Lipinski definition) is 2. The molecule has 112 valence electrons. The summed E-state index contributed by atoms with van der Waals surface area (Å²) in [5, 5.41) is 14.3. The van der Waals surface area contributed by atoms with Crippen LogP contribution in [0.25, 0.3) is 0 Å². The number of rotatable bonds is 5. The molecule has 2 atom stereocenters. The summed E-state index contributed by atoms with van der Waals surface area (Å²) >= 11 is 5.90. The van der Waals surface area contributed by atoms with Crippen molar-refractivity contribution < 1.29 is 9.84 Å². The SMILES string of the molecule is COc1ccc(C(C)NC(C)c2ccc(Cl)cc2)c(O)c1. The van der Waals surface area contributed by atoms with Gasteiger partial charge in [0.2, 0.25) is 0 Å². The Morgan fingerprint density at radius 3 is 2.29 bits per heavy atom. The third-order valence-corrected chi connectivity index (χ3v) is 3.83. The monoisotopic (exact) mass is 305 g/mol. The fourth-order valence-corrected chi connectivity index (χ4v) is 2.46. The number of aromatic hydroxyl groups is 1. The van der Waals surface area contributed by atoms with E-state index in [0.717, 1.165) is 16.1 Å². The van der Waals surface area contributed by atoms with E-state index in [2.05, 4.69) is 12.2 Å². The Balaban J connectivity index is 2.10. The summed E-state index contributed by atoms with van der Waals surface area (Å²) in [6.45, 7) is 4.11. The normalized spacial score (nSPS) is 13.7. The lowest BCUT2D eigenvalue weighted by Gasteiger charge is -2.21. The lowest BCUT2D eigenvalue weighted by molar-refractivity contribution is 0.402. The third-order valence-electron chi connectivity index (χ3n) is 3.57. The summed E-state index contributed by atoms with van der Waals surface area (Å²) in [7, 11) is 1.58. The van der Waals surface area contributed by atoms with Crippen molar-refractivity contribution >= 4 is 11.6 Å². The number of methoxy groups -OCH3 is 1. The Morgan fingerprint density at radius 1 is 1.05 bits per heavy atom. The molecule has 2 N–H and O–H groups in total. The molecule has 0 spiro atoms. The van der Waals surface area contributed by atoms with E-state index < -0.39 is 0 Å². The third kappa shape index (κ3) is 3.90. The molecule has 0 amide bonds. The molecule has 2 unspecified atom stereocenters. The first-order chi connectivity index (χ1) is 10.0. The number of benzene rings is 2. The van der Waals surface area contributed by atoms with Gasteiger partial charge in [0.05, 0.1) is 7.11 Å². The second-order valence-corrected chi connectivity index (χ2v) is 5.52. The topological polar surface area (TPSA) is 41.5 Å². The van der Waals surface area contributed by atoms with Crippen LogP contribution < -0.4 is 10.1 Å². The predicted octanol–water partition coefficient (Wildman–Crippen LogP) is 4.47. The summed E-state index contributed by atoms with van der Waals surface area (Å²) in [6.07, 6.45) is 0. The van der Waals surface area contributed by atoms with E-state index >= 15 is 0 Å². The highest BCUT2D eigenvalue weighted by Gasteiger charge is 2.14. The van der Waals surface area contributed by atoms with Crippen molar-refractivity contribution in [2.45, 2.75) is 25.9 Å². The Bertz CT molecular complexity index is 598. The molecule has 3 nitrogen and oxygen atoms in total. The van der Waals surface area contributed by atoms with Crippen LogP contribution in [0.15, 0.2) is 42.5 Å². The van der Waals surface area contributed by atoms with Crippen molar-refractivity contribution in [3.8, 4) is 11.5 Å². The molecule has 2 aromatic carbocycles. The molecule has 2 rings (SSSR count). The van der Waals surface area contributed by atoms with Crippen LogP contribution in [0.3, 0.4) is 0 Å². The van der Waals surface area contributed by atoms with Gasteiger partial charge in [-0.15, -0.1) is 0 Å². The second-order valence-electron chi connectivity index (χ2n) is 5.09. The molecule has 0 aliphatic heterocycles. The molecular formula is C17H20ClNO2. The fraction of sp³-hybridized carbons (Fsp3) is 0.294. The lowest BCUT2D eigenvalue weighted by atomic mass is 10.0. The standard InChI is InChI=1S/C17H20ClNO2/c1-11(13-4-6-14(18)7-5-13)19-12(2)16-9-8-15(21-3)10-17(16)20/h4-12,19-20H,1-3H3. The van der Waals surface area contributed by atoms with Crippen molar-refractivity contribution in [2.24, 2.45) is 0 Å². The molecule has 0 aliphatic carbocycles. The molecule has 0 radical (unpaired) electrons. The van der Waals surface area contributed by atoms with E-state index in [1.54, 1.807) is 13.2 Å². The van der Waals surface area contributed by atoms with Crippen LogP contribution in [0, 0.1) is 0 Å². The smallest absolute Gasteiger partial charge is 0.124 e. The number of hydrogen-bond acceptors (Lipinski definition) is 3. The molecular weight excluding hydrogens is 286 g/mol. The van der Waals surface area contributed by atoms with Crippen molar-refractivity contribution in [3.63, 3.8) is 0 Å². The molecule has 0 aliphatic rings. The van der Waals surface area contributed by atoms with Gasteiger partial charge in [-0.3, -0.25) is 0 Å². The van der Waals surface area contributed by atoms with Gasteiger partial charge in [0.15, 0.2) is 0 Å². The van der Waals surface area contributed by atoms with Crippen LogP contribution in [-0.2, 0) is 0 Å². The predicted molar refractivity (Wildman–Crippen MR) is 86.1 cm³/mol. The van der Waals surface area contributed by atoms with Crippen molar-refractivity contribution in [3.05, 3.63) is 58.6 Å². The van der Waals surface area contributed by atoms with Crippen molar-refractivity contribution in [2.75, 3.05) is 7.11 Å². The maximum atomic E-state index is 10.1. The molecule has 2 aromatic rings. The van der Waals surface area contributed by atoms with Crippen LogP contribution >= 0.6 is 11.6 Å². The van der Waals surface area contributed by atoms with E-state index in [-0.39, 0.29) is 17.8 Å². The van der Waals surface area contributed by atoms with Gasteiger partial charge in [-0.1, -0.05) is 29.8 Å². The van der Waals surface area contributed by atoms with Crippen LogP contribution in [0.5, 0.6) is 11.5 Å². The van der Waals surface area contributed by atoms with E-state index in [1.807, 2.05) is 43.3 Å². The highest BCUT2D eigenvalue weighted by atomic mass is 35.5. The minimum Gasteiger partial charge on any atom is -0.507 e. The first kappa shape index (κ1) is 15.7. The second kappa shape index (κ2) is 6.83. The number of ether oxygens (including phenoxy) is 1. The zero-order valence-corrected chi connectivity index (χ0v) is 13.2. The molecule has 0 heterocycles. The molecule has 0 aromatic heterocycles. The highest BCUT2D eigenvalue weighted by Crippen LogP contribution is 2.30. The largest absolute Gasteiger partial charge is 0.507 e.